The first-order valence-electron chi connectivity index (χ1n) is 19.6. The largest absolute Gasteiger partial charge is 0.378 e. The fraction of sp³-hybridized carbons (Fsp3) is 1.00. The highest BCUT2D eigenvalue weighted by Crippen LogP contribution is 1.89. The van der Waals surface area contributed by atoms with Crippen LogP contribution in [0.1, 0.15) is 0 Å². The minimum Gasteiger partial charge on any atom is -0.378 e. The fourth-order valence-electron chi connectivity index (χ4n) is 3.79. The quantitative estimate of drug-likeness (QED) is 0.0720. The molecule has 0 bridgehead atoms. The molecule has 0 aliphatic heterocycles. The first kappa shape index (κ1) is 54.2. The van der Waals surface area contributed by atoms with Crippen molar-refractivity contribution in [3.8, 4) is 0 Å². The molecule has 0 aliphatic rings. The van der Waals surface area contributed by atoms with E-state index in [0.717, 1.165) is 0 Å². The summed E-state index contributed by atoms with van der Waals surface area (Å²) in [5.74, 6) is 0. The van der Waals surface area contributed by atoms with E-state index in [2.05, 4.69) is 0 Å². The van der Waals surface area contributed by atoms with E-state index in [9.17, 15) is 0 Å². The summed E-state index contributed by atoms with van der Waals surface area (Å²) in [6.45, 7) is 18.5. The zero-order chi connectivity index (χ0) is 39.5. The predicted octanol–water partition coefficient (Wildman–Crippen LogP) is -0.814. The smallest absolute Gasteiger partial charge is 0.0701 e. The molecule has 0 spiro atoms. The Balaban J connectivity index is 3.05. The van der Waals surface area contributed by atoms with Crippen molar-refractivity contribution in [2.24, 2.45) is 11.5 Å². The van der Waals surface area contributed by atoms with Crippen LogP contribution in [0.4, 0.5) is 0 Å². The maximum Gasteiger partial charge on any atom is 0.0701 e. The van der Waals surface area contributed by atoms with Gasteiger partial charge in [-0.2, -0.15) is 0 Å². The van der Waals surface area contributed by atoms with Crippen LogP contribution in [0.25, 0.3) is 0 Å². The predicted molar refractivity (Wildman–Crippen MR) is 202 cm³/mol. The Bertz CT molecular complexity index is 616. The van der Waals surface area contributed by atoms with E-state index in [0.29, 0.717) is 238 Å². The molecule has 0 aromatic heterocycles. The van der Waals surface area contributed by atoms with Crippen LogP contribution in [0.5, 0.6) is 0 Å². The van der Waals surface area contributed by atoms with Crippen molar-refractivity contribution >= 4 is 0 Å². The molecule has 0 rings (SSSR count). The van der Waals surface area contributed by atoms with Gasteiger partial charge in [-0.1, -0.05) is 0 Å². The Morgan fingerprint density at radius 2 is 0.200 bits per heavy atom. The summed E-state index contributed by atoms with van der Waals surface area (Å²) in [5.41, 5.74) is 10.7. The molecule has 332 valence electrons. The molecule has 0 heterocycles. The van der Waals surface area contributed by atoms with Crippen molar-refractivity contribution in [3.63, 3.8) is 0 Å². The van der Waals surface area contributed by atoms with E-state index in [-0.39, 0.29) is 0 Å². The van der Waals surface area contributed by atoms with Crippen molar-refractivity contribution in [3.05, 3.63) is 0 Å². The van der Waals surface area contributed by atoms with Crippen molar-refractivity contribution in [1.82, 2.24) is 0 Å². The van der Waals surface area contributed by atoms with Gasteiger partial charge in [0.15, 0.2) is 0 Å². The Hall–Kier alpha value is -0.760. The first-order chi connectivity index (χ1) is 27.4. The molecule has 0 aliphatic carbocycles. The minimum absolute atomic E-state index is 0.498. The van der Waals surface area contributed by atoms with Crippen molar-refractivity contribution in [1.29, 1.82) is 0 Å². The summed E-state index contributed by atoms with van der Waals surface area (Å²) >= 11 is 0. The molecule has 0 atom stereocenters. The fourth-order valence-corrected chi connectivity index (χ4v) is 3.79. The van der Waals surface area contributed by atoms with Gasteiger partial charge in [-0.3, -0.25) is 0 Å². The van der Waals surface area contributed by atoms with E-state index in [1.54, 1.807) is 0 Å². The van der Waals surface area contributed by atoms with Crippen molar-refractivity contribution < 1.29 is 80.5 Å². The van der Waals surface area contributed by atoms with Crippen LogP contribution in [0.15, 0.2) is 0 Å². The lowest BCUT2D eigenvalue weighted by atomic mass is 10.6. The minimum atomic E-state index is 0.498. The van der Waals surface area contributed by atoms with Gasteiger partial charge in [-0.05, 0) is 0 Å². The molecule has 19 nitrogen and oxygen atoms in total. The molecule has 0 radical (unpaired) electrons. The third-order valence-electron chi connectivity index (χ3n) is 6.48. The van der Waals surface area contributed by atoms with E-state index >= 15 is 0 Å². The molecule has 0 amide bonds. The second-order valence-electron chi connectivity index (χ2n) is 11.0. The van der Waals surface area contributed by atoms with Crippen LogP contribution in [0.2, 0.25) is 0 Å². The second kappa shape index (κ2) is 53.2. The molecule has 4 N–H and O–H groups in total. The molecule has 0 unspecified atom stereocenters. The van der Waals surface area contributed by atoms with Gasteiger partial charge in [0.2, 0.25) is 0 Å². The summed E-state index contributed by atoms with van der Waals surface area (Å²) < 4.78 is 92.3. The summed E-state index contributed by atoms with van der Waals surface area (Å²) in [5, 5.41) is 0. The molecule has 19 heteroatoms. The van der Waals surface area contributed by atoms with Crippen LogP contribution < -0.4 is 11.5 Å². The highest BCUT2D eigenvalue weighted by Gasteiger charge is 1.98. The van der Waals surface area contributed by atoms with Gasteiger partial charge in [0.1, 0.15) is 0 Å². The van der Waals surface area contributed by atoms with Gasteiger partial charge < -0.3 is 92.0 Å². The third kappa shape index (κ3) is 53.2. The summed E-state index contributed by atoms with van der Waals surface area (Å²) in [4.78, 5) is 0. The Labute approximate surface area is 329 Å². The second-order valence-corrected chi connectivity index (χ2v) is 11.0. The highest BCUT2D eigenvalue weighted by atomic mass is 16.6. The van der Waals surface area contributed by atoms with Crippen LogP contribution in [0.3, 0.4) is 0 Å². The average Bonchev–Trinajstić information content (AvgIpc) is 3.20. The van der Waals surface area contributed by atoms with Gasteiger partial charge >= 0.3 is 0 Å². The number of ether oxygens (including phenoxy) is 17. The molecular weight excluding hydrogens is 732 g/mol. The third-order valence-corrected chi connectivity index (χ3v) is 6.48. The SMILES string of the molecule is NCCOCCOCCOCCOCCOCCOCCOCCOCCOCCOCCOCCOCCOCCOCCOCCOCCOCCN. The van der Waals surface area contributed by atoms with Gasteiger partial charge in [0.05, 0.1) is 225 Å². The summed E-state index contributed by atoms with van der Waals surface area (Å²) in [7, 11) is 0. The zero-order valence-corrected chi connectivity index (χ0v) is 33.6. The number of hydrogen-bond acceptors (Lipinski definition) is 19. The lowest BCUT2D eigenvalue weighted by Crippen LogP contribution is -2.16. The van der Waals surface area contributed by atoms with Crippen LogP contribution in [-0.4, -0.2) is 238 Å². The Morgan fingerprint density at radius 3 is 0.273 bits per heavy atom. The maximum absolute atomic E-state index is 5.50. The van der Waals surface area contributed by atoms with Gasteiger partial charge in [-0.25, -0.2) is 0 Å². The lowest BCUT2D eigenvalue weighted by Gasteiger charge is -2.09. The van der Waals surface area contributed by atoms with E-state index < -0.39 is 0 Å². The van der Waals surface area contributed by atoms with E-state index in [4.69, 9.17) is 92.0 Å². The van der Waals surface area contributed by atoms with Crippen molar-refractivity contribution in [2.75, 3.05) is 238 Å². The highest BCUT2D eigenvalue weighted by molar-refractivity contribution is 4.41. The topological polar surface area (TPSA) is 209 Å². The zero-order valence-electron chi connectivity index (χ0n) is 33.6. The molecular formula is C36H76N2O17. The molecule has 0 aromatic rings. The Kier molecular flexibility index (Phi) is 52.5. The van der Waals surface area contributed by atoms with Gasteiger partial charge in [0.25, 0.3) is 0 Å². The van der Waals surface area contributed by atoms with Crippen molar-refractivity contribution in [2.45, 2.75) is 0 Å². The van der Waals surface area contributed by atoms with Gasteiger partial charge in [-0.15, -0.1) is 0 Å². The molecule has 0 saturated heterocycles. The molecule has 0 saturated carbocycles. The number of hydrogen-bond donors (Lipinski definition) is 2. The van der Waals surface area contributed by atoms with E-state index in [1.807, 2.05) is 0 Å². The average molecular weight is 809 g/mol. The number of nitrogens with two attached hydrogens (primary N) is 2. The standard InChI is InChI=1S/C36H76N2O17/c37-1-3-39-5-7-41-9-11-43-13-15-45-17-19-47-21-23-49-25-27-51-29-31-53-33-35-55-36-34-54-32-30-52-28-26-50-24-22-48-20-18-46-16-14-44-12-10-42-8-6-40-4-2-38/h1-38H2. The molecule has 0 fully saturated rings. The summed E-state index contributed by atoms with van der Waals surface area (Å²) in [6, 6.07) is 0. The monoisotopic (exact) mass is 809 g/mol. The van der Waals surface area contributed by atoms with E-state index in [1.165, 1.54) is 0 Å². The Morgan fingerprint density at radius 1 is 0.127 bits per heavy atom. The van der Waals surface area contributed by atoms with Gasteiger partial charge in [0, 0.05) is 13.1 Å². The number of rotatable bonds is 52. The lowest BCUT2D eigenvalue weighted by molar-refractivity contribution is -0.0306. The van der Waals surface area contributed by atoms with Crippen LogP contribution in [-0.2, 0) is 80.5 Å². The maximum atomic E-state index is 5.50. The normalized spacial score (nSPS) is 11.7. The molecule has 0 aromatic carbocycles. The van der Waals surface area contributed by atoms with Crippen LogP contribution in [0, 0.1) is 0 Å². The summed E-state index contributed by atoms with van der Waals surface area (Å²) in [6.07, 6.45) is 0. The van der Waals surface area contributed by atoms with Crippen LogP contribution >= 0.6 is 0 Å². The molecule has 55 heavy (non-hydrogen) atoms. The first-order valence-corrected chi connectivity index (χ1v) is 19.6.